The van der Waals surface area contributed by atoms with Crippen molar-refractivity contribution < 1.29 is 4.79 Å². The molecule has 5 nitrogen and oxygen atoms in total. The fraction of sp³-hybridized carbons (Fsp3) is 0.410. The lowest BCUT2D eigenvalue weighted by molar-refractivity contribution is -0.127. The Morgan fingerprint density at radius 3 is 2.27 bits per heavy atom. The van der Waals surface area contributed by atoms with Crippen LogP contribution in [0.25, 0.3) is 27.6 Å². The molecule has 0 N–H and O–H groups in total. The van der Waals surface area contributed by atoms with Crippen molar-refractivity contribution in [3.05, 3.63) is 94.4 Å². The Hall–Kier alpha value is -4.17. The number of carbonyl (C=O) groups is 1. The van der Waals surface area contributed by atoms with E-state index in [-0.39, 0.29) is 11.0 Å². The largest absolute Gasteiger partial charge is 0.371 e. The summed E-state index contributed by atoms with van der Waals surface area (Å²) in [6, 6.07) is 23.9. The zero-order valence-corrected chi connectivity index (χ0v) is 27.2. The average Bonchev–Trinajstić information content (AvgIpc) is 3.15. The molecule has 0 bridgehead atoms. The van der Waals surface area contributed by atoms with Gasteiger partial charge in [-0.2, -0.15) is 5.26 Å². The van der Waals surface area contributed by atoms with Crippen LogP contribution in [0.5, 0.6) is 0 Å². The highest BCUT2D eigenvalue weighted by atomic mass is 16.1. The molecule has 1 fully saturated rings. The van der Waals surface area contributed by atoms with E-state index in [0.29, 0.717) is 46.8 Å². The van der Waals surface area contributed by atoms with E-state index in [0.717, 1.165) is 47.3 Å². The van der Waals surface area contributed by atoms with Gasteiger partial charge in [-0.15, -0.1) is 0 Å². The molecule has 44 heavy (non-hydrogen) atoms. The van der Waals surface area contributed by atoms with Crippen LogP contribution in [0.3, 0.4) is 0 Å². The number of rotatable bonds is 6. The number of hydrogen-bond acceptors (Lipinski definition) is 4. The molecule has 0 amide bonds. The Balaban J connectivity index is 1.40. The van der Waals surface area contributed by atoms with Gasteiger partial charge < -0.3 is 4.90 Å². The van der Waals surface area contributed by atoms with E-state index in [1.165, 1.54) is 5.69 Å². The van der Waals surface area contributed by atoms with Crippen LogP contribution in [0.2, 0.25) is 0 Å². The maximum atomic E-state index is 13.8. The molecule has 228 valence electrons. The van der Waals surface area contributed by atoms with E-state index in [2.05, 4.69) is 56.0 Å². The number of anilines is 1. The summed E-state index contributed by atoms with van der Waals surface area (Å²) in [6.07, 6.45) is 3.72. The molecule has 4 atom stereocenters. The first-order chi connectivity index (χ1) is 20.9. The van der Waals surface area contributed by atoms with Crippen LogP contribution in [0, 0.1) is 47.3 Å². The van der Waals surface area contributed by atoms with E-state index in [9.17, 15) is 14.9 Å². The van der Waals surface area contributed by atoms with E-state index in [1.807, 2.05) is 76.4 Å². The predicted octanol–water partition coefficient (Wildman–Crippen LogP) is 8.58. The number of nitrogens with zero attached hydrogens (tertiary/aromatic N) is 3. The van der Waals surface area contributed by atoms with E-state index >= 15 is 0 Å². The molecule has 4 aromatic rings. The van der Waals surface area contributed by atoms with Gasteiger partial charge in [-0.3, -0.25) is 14.2 Å². The number of Topliss-reactive ketones (excluding diaryl/α,β-unsaturated/α-hetero) is 1. The molecule has 1 aliphatic rings. The summed E-state index contributed by atoms with van der Waals surface area (Å²) in [6.45, 7) is 17.0. The molecule has 0 spiro atoms. The number of benzene rings is 3. The van der Waals surface area contributed by atoms with Crippen LogP contribution >= 0.6 is 0 Å². The lowest BCUT2D eigenvalue weighted by Crippen LogP contribution is -2.32. The van der Waals surface area contributed by atoms with Crippen molar-refractivity contribution in [2.24, 2.45) is 29.1 Å². The van der Waals surface area contributed by atoms with Crippen molar-refractivity contribution >= 4 is 22.2 Å². The topological polar surface area (TPSA) is 66.1 Å². The van der Waals surface area contributed by atoms with Gasteiger partial charge in [0.15, 0.2) is 0 Å². The second kappa shape index (κ2) is 12.4. The monoisotopic (exact) mass is 587 g/mol. The van der Waals surface area contributed by atoms with Gasteiger partial charge >= 0.3 is 0 Å². The van der Waals surface area contributed by atoms with Crippen LogP contribution in [0.1, 0.15) is 65.5 Å². The minimum Gasteiger partial charge on any atom is -0.371 e. The molecule has 0 aliphatic carbocycles. The highest BCUT2D eigenvalue weighted by Crippen LogP contribution is 2.37. The Bertz CT molecular complexity index is 1750. The van der Waals surface area contributed by atoms with Gasteiger partial charge in [0.1, 0.15) is 5.78 Å². The van der Waals surface area contributed by atoms with Gasteiger partial charge in [-0.05, 0) is 102 Å². The number of hydrogen-bond donors (Lipinski definition) is 0. The number of carbonyl (C=O) groups excluding carboxylic acids is 1. The minimum atomic E-state index is -0.291. The molecule has 2 heterocycles. The molecule has 0 saturated carbocycles. The lowest BCUT2D eigenvalue weighted by atomic mass is 9.74. The Labute approximate surface area is 262 Å². The van der Waals surface area contributed by atoms with Crippen molar-refractivity contribution in [2.75, 3.05) is 18.0 Å². The van der Waals surface area contributed by atoms with Crippen LogP contribution in [0.15, 0.2) is 77.7 Å². The Morgan fingerprint density at radius 2 is 1.64 bits per heavy atom. The van der Waals surface area contributed by atoms with Gasteiger partial charge in [0, 0.05) is 47.9 Å². The second-order valence-electron chi connectivity index (χ2n) is 14.2. The summed E-state index contributed by atoms with van der Waals surface area (Å²) in [5, 5.41) is 10.8. The normalized spacial score (nSPS) is 19.8. The fourth-order valence-corrected chi connectivity index (χ4v) is 7.04. The van der Waals surface area contributed by atoms with Crippen LogP contribution in [-0.4, -0.2) is 23.4 Å². The zero-order valence-electron chi connectivity index (χ0n) is 27.2. The molecule has 4 unspecified atom stereocenters. The van der Waals surface area contributed by atoms with Crippen molar-refractivity contribution in [2.45, 2.75) is 61.3 Å². The number of ketones is 1. The molecular weight excluding hydrogens is 542 g/mol. The third kappa shape index (κ3) is 6.36. The van der Waals surface area contributed by atoms with Crippen molar-refractivity contribution in [3.63, 3.8) is 0 Å². The Kier molecular flexibility index (Phi) is 8.84. The standard InChI is InChI=1S/C39H45N3O2/c1-25-19-35(26(2)20-36(43)39(5,6)7)27(3)23-41(22-25)31-15-17-32(18-16-31)42-24-28(4)37-33(9-8-10-34(37)38(42)44)30-13-11-29(21-40)12-14-30/h8-18,24-27,35H,19-20,22-23H2,1-7H3. The number of nitriles is 1. The summed E-state index contributed by atoms with van der Waals surface area (Å²) in [7, 11) is 0. The van der Waals surface area contributed by atoms with Crippen molar-refractivity contribution in [1.29, 1.82) is 5.26 Å². The second-order valence-corrected chi connectivity index (χ2v) is 14.2. The predicted molar refractivity (Wildman–Crippen MR) is 181 cm³/mol. The summed E-state index contributed by atoms with van der Waals surface area (Å²) < 4.78 is 1.75. The molecule has 0 radical (unpaired) electrons. The molecule has 1 saturated heterocycles. The number of aromatic nitrogens is 1. The van der Waals surface area contributed by atoms with Gasteiger partial charge in [0.25, 0.3) is 5.56 Å². The van der Waals surface area contributed by atoms with E-state index < -0.39 is 0 Å². The third-order valence-corrected chi connectivity index (χ3v) is 9.57. The first-order valence-corrected chi connectivity index (χ1v) is 15.9. The summed E-state index contributed by atoms with van der Waals surface area (Å²) in [5.74, 6) is 2.22. The highest BCUT2D eigenvalue weighted by Gasteiger charge is 2.34. The molecule has 1 aromatic heterocycles. The number of pyridine rings is 1. The first-order valence-electron chi connectivity index (χ1n) is 15.9. The smallest absolute Gasteiger partial charge is 0.262 e. The molecule has 5 heteroatoms. The SMILES string of the molecule is Cc1cn(-c2ccc(N3CC(C)CC(C(C)CC(=O)C(C)(C)C)C(C)C3)cc2)c(=O)c2cccc(-c3ccc(C#N)cc3)c12. The summed E-state index contributed by atoms with van der Waals surface area (Å²) in [4.78, 5) is 29.1. The molecule has 3 aromatic carbocycles. The third-order valence-electron chi connectivity index (χ3n) is 9.57. The van der Waals surface area contributed by atoms with Crippen molar-refractivity contribution in [3.8, 4) is 22.9 Å². The lowest BCUT2D eigenvalue weighted by Gasteiger charge is -2.31. The zero-order chi connectivity index (χ0) is 31.8. The molecule has 1 aliphatic heterocycles. The van der Waals surface area contributed by atoms with Gasteiger partial charge in [-0.1, -0.05) is 65.8 Å². The van der Waals surface area contributed by atoms with Gasteiger partial charge in [-0.25, -0.2) is 0 Å². The maximum absolute atomic E-state index is 13.8. The van der Waals surface area contributed by atoms with Crippen LogP contribution in [0.4, 0.5) is 5.69 Å². The minimum absolute atomic E-state index is 0.0486. The number of aryl methyl sites for hydroxylation is 1. The average molecular weight is 588 g/mol. The molecule has 5 rings (SSSR count). The van der Waals surface area contributed by atoms with Crippen LogP contribution < -0.4 is 10.5 Å². The highest BCUT2D eigenvalue weighted by molar-refractivity contribution is 5.98. The van der Waals surface area contributed by atoms with Gasteiger partial charge in [0.05, 0.1) is 11.6 Å². The number of fused-ring (bicyclic) bond motifs is 1. The first kappa shape index (κ1) is 31.3. The van der Waals surface area contributed by atoms with E-state index in [1.54, 1.807) is 4.57 Å². The summed E-state index contributed by atoms with van der Waals surface area (Å²) >= 11 is 0. The van der Waals surface area contributed by atoms with Crippen LogP contribution in [-0.2, 0) is 4.79 Å². The van der Waals surface area contributed by atoms with E-state index in [4.69, 9.17) is 0 Å². The van der Waals surface area contributed by atoms with Crippen molar-refractivity contribution in [1.82, 2.24) is 4.57 Å². The quantitative estimate of drug-likeness (QED) is 0.227. The summed E-state index contributed by atoms with van der Waals surface area (Å²) in [5.41, 5.74) is 5.27. The fourth-order valence-electron chi connectivity index (χ4n) is 7.04. The molecular formula is C39H45N3O2. The van der Waals surface area contributed by atoms with Gasteiger partial charge in [0.2, 0.25) is 0 Å². The maximum Gasteiger partial charge on any atom is 0.262 e. The Morgan fingerprint density at radius 1 is 0.977 bits per heavy atom.